The molecule has 5 amide bonds. The van der Waals surface area contributed by atoms with Gasteiger partial charge in [-0.05, 0) is 72.4 Å². The molecule has 2 aliphatic carbocycles. The van der Waals surface area contributed by atoms with Crippen molar-refractivity contribution in [1.29, 1.82) is 0 Å². The number of hydrogen-bond donors (Lipinski definition) is 2. The summed E-state index contributed by atoms with van der Waals surface area (Å²) in [5.41, 5.74) is 3.03. The van der Waals surface area contributed by atoms with Gasteiger partial charge in [0.15, 0.2) is 0 Å². The van der Waals surface area contributed by atoms with E-state index in [0.29, 0.717) is 32.4 Å². The van der Waals surface area contributed by atoms with Crippen LogP contribution in [0.5, 0.6) is 11.5 Å². The maximum atomic E-state index is 15.2. The van der Waals surface area contributed by atoms with E-state index in [4.69, 9.17) is 44.3 Å². The van der Waals surface area contributed by atoms with Gasteiger partial charge >= 0.3 is 6.09 Å². The summed E-state index contributed by atoms with van der Waals surface area (Å²) in [6.45, 7) is 0. The molecule has 14 heteroatoms. The first kappa shape index (κ1) is 32.9. The van der Waals surface area contributed by atoms with Gasteiger partial charge in [0.05, 0.1) is 48.1 Å². The Hall–Kier alpha value is -4.58. The number of benzene rings is 3. The number of fused-ring (bicyclic) bond motifs is 4. The number of anilines is 1. The second kappa shape index (κ2) is 12.1. The summed E-state index contributed by atoms with van der Waals surface area (Å²) >= 11 is 19.4. The van der Waals surface area contributed by atoms with Crippen LogP contribution in [0.4, 0.5) is 10.5 Å². The number of hydrazine groups is 1. The highest BCUT2D eigenvalue weighted by Crippen LogP contribution is 2.65. The number of phenolic OH excluding ortho intramolecular Hbond substituents is 1. The van der Waals surface area contributed by atoms with Gasteiger partial charge in [0, 0.05) is 16.0 Å². The van der Waals surface area contributed by atoms with E-state index in [0.717, 1.165) is 12.1 Å². The largest absolute Gasteiger partial charge is 0.508 e. The van der Waals surface area contributed by atoms with Gasteiger partial charge in [-0.1, -0.05) is 64.7 Å². The lowest BCUT2D eigenvalue weighted by Gasteiger charge is -2.50. The Labute approximate surface area is 295 Å². The van der Waals surface area contributed by atoms with Crippen molar-refractivity contribution in [1.82, 2.24) is 9.91 Å². The normalized spacial score (nSPS) is 27.4. The lowest BCUT2D eigenvalue weighted by atomic mass is 9.49. The number of amides is 5. The molecule has 11 nitrogen and oxygen atoms in total. The Bertz CT molecular complexity index is 1980. The number of aromatic hydroxyl groups is 1. The smallest absolute Gasteiger partial charge is 0.423 e. The van der Waals surface area contributed by atoms with Crippen molar-refractivity contribution in [2.45, 2.75) is 24.2 Å². The van der Waals surface area contributed by atoms with Crippen molar-refractivity contribution in [2.24, 2.45) is 23.7 Å². The van der Waals surface area contributed by atoms with Gasteiger partial charge in [-0.3, -0.25) is 24.6 Å². The number of ether oxygens (including phenoxy) is 2. The molecular formula is C35H28Cl3N3O8. The fourth-order valence-electron chi connectivity index (χ4n) is 8.21. The topological polar surface area (TPSA) is 143 Å². The Morgan fingerprint density at radius 2 is 1.63 bits per heavy atom. The molecule has 1 saturated carbocycles. The summed E-state index contributed by atoms with van der Waals surface area (Å²) in [5.74, 6) is -6.91. The van der Waals surface area contributed by atoms with Gasteiger partial charge in [-0.15, -0.1) is 0 Å². The third kappa shape index (κ3) is 4.81. The molecule has 3 aromatic rings. The SMILES string of the molecule is COC(=O)N1C(=O)C2CC=C3C(CC4C(=O)N(Nc5ccc(Cl)cc5Cl)C(=O)C4(c4ccc(OC)cc4)C3c3ccc(O)cc3Cl)C2C1=O. The van der Waals surface area contributed by atoms with Crippen LogP contribution in [0.25, 0.3) is 0 Å². The van der Waals surface area contributed by atoms with E-state index in [9.17, 15) is 24.3 Å². The highest BCUT2D eigenvalue weighted by molar-refractivity contribution is 6.36. The molecule has 252 valence electrons. The highest BCUT2D eigenvalue weighted by Gasteiger charge is 2.71. The molecule has 0 radical (unpaired) electrons. The fourth-order valence-corrected chi connectivity index (χ4v) is 8.94. The molecule has 2 N–H and O–H groups in total. The quantitative estimate of drug-likeness (QED) is 0.235. The zero-order valence-electron chi connectivity index (χ0n) is 26.0. The number of halogens is 3. The third-order valence-corrected chi connectivity index (χ3v) is 11.1. The molecule has 6 unspecified atom stereocenters. The Balaban J connectivity index is 1.47. The Morgan fingerprint density at radius 3 is 2.29 bits per heavy atom. The number of imide groups is 4. The predicted molar refractivity (Wildman–Crippen MR) is 178 cm³/mol. The first-order chi connectivity index (χ1) is 23.4. The molecule has 4 aliphatic rings. The van der Waals surface area contributed by atoms with E-state index in [1.165, 1.54) is 25.3 Å². The van der Waals surface area contributed by atoms with Gasteiger partial charge < -0.3 is 14.6 Å². The number of allylic oxidation sites excluding steroid dienone is 2. The zero-order valence-corrected chi connectivity index (χ0v) is 28.3. The Kier molecular flexibility index (Phi) is 8.12. The van der Waals surface area contributed by atoms with Gasteiger partial charge in [-0.2, -0.15) is 9.91 Å². The number of nitrogens with one attached hydrogen (secondary N) is 1. The van der Waals surface area contributed by atoms with Crippen LogP contribution in [0.1, 0.15) is 29.9 Å². The van der Waals surface area contributed by atoms with E-state index in [-0.39, 0.29) is 34.3 Å². The minimum atomic E-state index is -1.64. The van der Waals surface area contributed by atoms with Crippen molar-refractivity contribution in [3.63, 3.8) is 0 Å². The average molecular weight is 725 g/mol. The second-order valence-corrected chi connectivity index (χ2v) is 13.7. The number of hydrogen-bond acceptors (Lipinski definition) is 9. The molecule has 0 bridgehead atoms. The van der Waals surface area contributed by atoms with Crippen LogP contribution in [0, 0.1) is 23.7 Å². The predicted octanol–water partition coefficient (Wildman–Crippen LogP) is 6.11. The number of rotatable bonds is 5. The van der Waals surface area contributed by atoms with Crippen molar-refractivity contribution >= 4 is 70.2 Å². The van der Waals surface area contributed by atoms with Gasteiger partial charge in [-0.25, -0.2) is 4.79 Å². The van der Waals surface area contributed by atoms with Crippen molar-refractivity contribution < 1.29 is 38.6 Å². The number of phenols is 1. The van der Waals surface area contributed by atoms with Crippen LogP contribution >= 0.6 is 34.8 Å². The molecule has 6 atom stereocenters. The van der Waals surface area contributed by atoms with E-state index in [1.807, 2.05) is 6.08 Å². The first-order valence-electron chi connectivity index (χ1n) is 15.3. The van der Waals surface area contributed by atoms with E-state index in [1.54, 1.807) is 42.5 Å². The molecule has 2 heterocycles. The first-order valence-corrected chi connectivity index (χ1v) is 16.5. The summed E-state index contributed by atoms with van der Waals surface area (Å²) in [4.78, 5) is 70.3. The molecule has 49 heavy (non-hydrogen) atoms. The lowest BCUT2D eigenvalue weighted by Crippen LogP contribution is -2.53. The number of carbonyl (C=O) groups is 5. The number of nitrogens with zero attached hydrogens (tertiary/aromatic N) is 2. The standard InChI is InChI=1S/C35H28Cl3N3O8/c1-48-19-7-3-16(4-8-19)35-24(31(44)41(33(35)46)39-27-12-5-17(36)13-26(27)38)15-23-20(29(35)21-9-6-18(42)14-25(21)37)10-11-22-28(23)32(45)40(30(22)43)34(47)49-2/h3-10,12-14,22-24,28-29,39,42H,11,15H2,1-2H3. The summed E-state index contributed by atoms with van der Waals surface area (Å²) in [6, 6.07) is 15.7. The van der Waals surface area contributed by atoms with Crippen LogP contribution < -0.4 is 10.2 Å². The zero-order chi connectivity index (χ0) is 34.9. The van der Waals surface area contributed by atoms with Crippen molar-refractivity contribution in [2.75, 3.05) is 19.6 Å². The molecule has 2 aliphatic heterocycles. The van der Waals surface area contributed by atoms with Crippen LogP contribution in [0.3, 0.4) is 0 Å². The minimum Gasteiger partial charge on any atom is -0.508 e. The molecule has 0 aromatic heterocycles. The highest BCUT2D eigenvalue weighted by atomic mass is 35.5. The maximum absolute atomic E-state index is 15.2. The molecule has 7 rings (SSSR count). The fraction of sp³-hybridized carbons (Fsp3) is 0.286. The van der Waals surface area contributed by atoms with Gasteiger partial charge in [0.25, 0.3) is 11.8 Å². The second-order valence-electron chi connectivity index (χ2n) is 12.4. The molecule has 0 spiro atoms. The molecule has 2 saturated heterocycles. The molecule has 3 fully saturated rings. The van der Waals surface area contributed by atoms with Crippen molar-refractivity contribution in [3.8, 4) is 11.5 Å². The third-order valence-electron chi connectivity index (χ3n) is 10.2. The van der Waals surface area contributed by atoms with Crippen LogP contribution in [0.2, 0.25) is 15.1 Å². The minimum absolute atomic E-state index is 0.0175. The summed E-state index contributed by atoms with van der Waals surface area (Å²) < 4.78 is 10.2. The van der Waals surface area contributed by atoms with Crippen LogP contribution in [0.15, 0.2) is 72.3 Å². The average Bonchev–Trinajstić information content (AvgIpc) is 3.46. The van der Waals surface area contributed by atoms with E-state index in [2.05, 4.69) is 5.43 Å². The van der Waals surface area contributed by atoms with Crippen LogP contribution in [-0.2, 0) is 29.3 Å². The van der Waals surface area contributed by atoms with Gasteiger partial charge in [0.2, 0.25) is 11.8 Å². The summed E-state index contributed by atoms with van der Waals surface area (Å²) in [6.07, 6.45) is 0.803. The number of likely N-dealkylation sites (tertiary alicyclic amines) is 1. The molecular weight excluding hydrogens is 697 g/mol. The number of carbonyl (C=O) groups excluding carboxylic acids is 5. The number of methoxy groups -OCH3 is 2. The Morgan fingerprint density at radius 1 is 0.898 bits per heavy atom. The maximum Gasteiger partial charge on any atom is 0.423 e. The van der Waals surface area contributed by atoms with E-state index < -0.39 is 64.7 Å². The van der Waals surface area contributed by atoms with E-state index >= 15 is 4.79 Å². The van der Waals surface area contributed by atoms with Gasteiger partial charge in [0.1, 0.15) is 11.5 Å². The van der Waals surface area contributed by atoms with Crippen LogP contribution in [-0.4, -0.2) is 59.0 Å². The molecule has 3 aromatic carbocycles. The lowest BCUT2D eigenvalue weighted by molar-refractivity contribution is -0.140. The van der Waals surface area contributed by atoms with Crippen molar-refractivity contribution in [3.05, 3.63) is 98.5 Å². The monoisotopic (exact) mass is 723 g/mol. The summed E-state index contributed by atoms with van der Waals surface area (Å²) in [5, 5.41) is 11.9. The summed E-state index contributed by atoms with van der Waals surface area (Å²) in [7, 11) is 2.59.